The summed E-state index contributed by atoms with van der Waals surface area (Å²) in [4.78, 5) is 14.3. The van der Waals surface area contributed by atoms with Crippen molar-refractivity contribution in [1.82, 2.24) is 4.98 Å². The van der Waals surface area contributed by atoms with E-state index in [1.807, 2.05) is 13.8 Å². The van der Waals surface area contributed by atoms with Crippen LogP contribution in [0.15, 0.2) is 23.4 Å². The van der Waals surface area contributed by atoms with E-state index < -0.39 is 15.8 Å². The molecule has 0 aliphatic carbocycles. The fourth-order valence-corrected chi connectivity index (χ4v) is 2.67. The Labute approximate surface area is 100 Å². The lowest BCUT2D eigenvalue weighted by molar-refractivity contribution is 0.0696. The molecule has 1 rings (SSSR count). The Morgan fingerprint density at radius 3 is 2.47 bits per heavy atom. The number of pyridine rings is 1. The molecule has 0 atom stereocenters. The standard InChI is InChI=1S/C11H15NO4S/c1-8(2)5-6-17(15,16)10-4-3-9(7-12-10)11(13)14/h3-4,7-8H,5-6H2,1-2H3,(H,13,14). The number of carbonyl (C=O) groups is 1. The van der Waals surface area contributed by atoms with Crippen molar-refractivity contribution in [3.63, 3.8) is 0 Å². The maximum absolute atomic E-state index is 11.8. The molecule has 0 bridgehead atoms. The quantitative estimate of drug-likeness (QED) is 0.866. The van der Waals surface area contributed by atoms with E-state index in [1.165, 1.54) is 12.1 Å². The first-order valence-corrected chi connectivity index (χ1v) is 6.90. The molecule has 0 radical (unpaired) electrons. The first-order valence-electron chi connectivity index (χ1n) is 5.25. The lowest BCUT2D eigenvalue weighted by Crippen LogP contribution is -2.11. The summed E-state index contributed by atoms with van der Waals surface area (Å²) in [6.07, 6.45) is 1.62. The zero-order valence-corrected chi connectivity index (χ0v) is 10.6. The van der Waals surface area contributed by atoms with Gasteiger partial charge in [0.2, 0.25) is 0 Å². The molecule has 0 unspecified atom stereocenters. The molecule has 1 heterocycles. The van der Waals surface area contributed by atoms with Crippen LogP contribution in [0, 0.1) is 5.92 Å². The van der Waals surface area contributed by atoms with E-state index in [-0.39, 0.29) is 16.3 Å². The molecule has 0 aliphatic rings. The second-order valence-corrected chi connectivity index (χ2v) is 6.25. The van der Waals surface area contributed by atoms with Gasteiger partial charge in [0.1, 0.15) is 0 Å². The van der Waals surface area contributed by atoms with Crippen LogP contribution in [0.5, 0.6) is 0 Å². The molecule has 5 nitrogen and oxygen atoms in total. The first-order chi connectivity index (χ1) is 7.83. The van der Waals surface area contributed by atoms with Gasteiger partial charge in [-0.3, -0.25) is 0 Å². The van der Waals surface area contributed by atoms with E-state index in [4.69, 9.17) is 5.11 Å². The van der Waals surface area contributed by atoms with Crippen molar-refractivity contribution in [2.45, 2.75) is 25.3 Å². The Morgan fingerprint density at radius 2 is 2.06 bits per heavy atom. The number of carboxylic acids is 1. The largest absolute Gasteiger partial charge is 0.478 e. The summed E-state index contributed by atoms with van der Waals surface area (Å²) in [5.41, 5.74) is -0.0205. The second-order valence-electron chi connectivity index (χ2n) is 4.19. The van der Waals surface area contributed by atoms with Crippen LogP contribution in [0.3, 0.4) is 0 Å². The fourth-order valence-electron chi connectivity index (χ4n) is 1.19. The van der Waals surface area contributed by atoms with Crippen molar-refractivity contribution < 1.29 is 18.3 Å². The van der Waals surface area contributed by atoms with E-state index in [9.17, 15) is 13.2 Å². The maximum atomic E-state index is 11.8. The molecule has 0 aromatic carbocycles. The molecular formula is C11H15NO4S. The number of sulfone groups is 1. The van der Waals surface area contributed by atoms with Gasteiger partial charge in [0.15, 0.2) is 14.9 Å². The molecule has 6 heteroatoms. The number of rotatable bonds is 5. The highest BCUT2D eigenvalue weighted by atomic mass is 32.2. The Balaban J connectivity index is 2.89. The van der Waals surface area contributed by atoms with E-state index in [1.54, 1.807) is 0 Å². The van der Waals surface area contributed by atoms with Gasteiger partial charge in [-0.1, -0.05) is 13.8 Å². The van der Waals surface area contributed by atoms with Crippen LogP contribution in [-0.2, 0) is 9.84 Å². The van der Waals surface area contributed by atoms with Crippen LogP contribution in [0.4, 0.5) is 0 Å². The van der Waals surface area contributed by atoms with Crippen LogP contribution in [-0.4, -0.2) is 30.2 Å². The molecule has 1 aromatic rings. The molecule has 1 aromatic heterocycles. The smallest absolute Gasteiger partial charge is 0.337 e. The SMILES string of the molecule is CC(C)CCS(=O)(=O)c1ccc(C(=O)O)cn1. The molecule has 0 aliphatic heterocycles. The Morgan fingerprint density at radius 1 is 1.41 bits per heavy atom. The van der Waals surface area contributed by atoms with Gasteiger partial charge in [0.05, 0.1) is 11.3 Å². The predicted molar refractivity (Wildman–Crippen MR) is 62.7 cm³/mol. The highest BCUT2D eigenvalue weighted by molar-refractivity contribution is 7.91. The molecule has 0 spiro atoms. The maximum Gasteiger partial charge on any atom is 0.337 e. The number of hydrogen-bond donors (Lipinski definition) is 1. The van der Waals surface area contributed by atoms with Crippen LogP contribution >= 0.6 is 0 Å². The average Bonchev–Trinajstić information content (AvgIpc) is 2.27. The van der Waals surface area contributed by atoms with Crippen molar-refractivity contribution in [3.05, 3.63) is 23.9 Å². The summed E-state index contributed by atoms with van der Waals surface area (Å²) in [5.74, 6) is -0.795. The van der Waals surface area contributed by atoms with Gasteiger partial charge in [0, 0.05) is 6.20 Å². The molecule has 1 N–H and O–H groups in total. The highest BCUT2D eigenvalue weighted by Gasteiger charge is 2.17. The van der Waals surface area contributed by atoms with Crippen LogP contribution in [0.25, 0.3) is 0 Å². The van der Waals surface area contributed by atoms with E-state index in [0.717, 1.165) is 6.20 Å². The van der Waals surface area contributed by atoms with E-state index in [2.05, 4.69) is 4.98 Å². The van der Waals surface area contributed by atoms with Gasteiger partial charge in [-0.2, -0.15) is 0 Å². The number of aromatic nitrogens is 1. The third-order valence-electron chi connectivity index (χ3n) is 2.27. The van der Waals surface area contributed by atoms with Gasteiger partial charge in [-0.15, -0.1) is 0 Å². The minimum Gasteiger partial charge on any atom is -0.478 e. The molecule has 0 amide bonds. The molecular weight excluding hydrogens is 242 g/mol. The lowest BCUT2D eigenvalue weighted by atomic mass is 10.2. The van der Waals surface area contributed by atoms with Gasteiger partial charge < -0.3 is 5.11 Å². The topological polar surface area (TPSA) is 84.3 Å². The summed E-state index contributed by atoms with van der Waals surface area (Å²) in [6.45, 7) is 3.88. The lowest BCUT2D eigenvalue weighted by Gasteiger charge is -2.05. The first kappa shape index (κ1) is 13.6. The normalized spacial score (nSPS) is 11.7. The number of hydrogen-bond acceptors (Lipinski definition) is 4. The summed E-state index contributed by atoms with van der Waals surface area (Å²) in [5, 5.41) is 8.60. The third kappa shape index (κ3) is 3.81. The minimum absolute atomic E-state index is 0.0205. The molecule has 0 saturated heterocycles. The van der Waals surface area contributed by atoms with Crippen molar-refractivity contribution in [2.24, 2.45) is 5.92 Å². The van der Waals surface area contributed by atoms with Gasteiger partial charge in [0.25, 0.3) is 0 Å². The molecule has 94 valence electrons. The van der Waals surface area contributed by atoms with E-state index in [0.29, 0.717) is 12.3 Å². The summed E-state index contributed by atoms with van der Waals surface area (Å²) in [6, 6.07) is 2.48. The minimum atomic E-state index is -3.40. The number of nitrogens with zero attached hydrogens (tertiary/aromatic N) is 1. The van der Waals surface area contributed by atoms with Gasteiger partial charge >= 0.3 is 5.97 Å². The Kier molecular flexibility index (Phi) is 4.22. The molecule has 0 fully saturated rings. The zero-order valence-electron chi connectivity index (χ0n) is 9.75. The summed E-state index contributed by atoms with van der Waals surface area (Å²) >= 11 is 0. The Bertz CT molecular complexity index is 491. The van der Waals surface area contributed by atoms with Crippen LogP contribution < -0.4 is 0 Å². The van der Waals surface area contributed by atoms with Crippen molar-refractivity contribution in [1.29, 1.82) is 0 Å². The zero-order chi connectivity index (χ0) is 13.1. The third-order valence-corrected chi connectivity index (χ3v) is 3.92. The number of aromatic carboxylic acids is 1. The second kappa shape index (κ2) is 5.27. The van der Waals surface area contributed by atoms with Crippen LogP contribution in [0.1, 0.15) is 30.6 Å². The summed E-state index contributed by atoms with van der Waals surface area (Å²) < 4.78 is 23.6. The summed E-state index contributed by atoms with van der Waals surface area (Å²) in [7, 11) is -3.40. The average molecular weight is 257 g/mol. The van der Waals surface area contributed by atoms with Gasteiger partial charge in [-0.05, 0) is 24.5 Å². The molecule has 17 heavy (non-hydrogen) atoms. The predicted octanol–water partition coefficient (Wildman–Crippen LogP) is 1.60. The van der Waals surface area contributed by atoms with Gasteiger partial charge in [-0.25, -0.2) is 18.2 Å². The molecule has 0 saturated carbocycles. The van der Waals surface area contributed by atoms with Crippen molar-refractivity contribution >= 4 is 15.8 Å². The number of carboxylic acid groups (broad SMARTS) is 1. The van der Waals surface area contributed by atoms with Crippen molar-refractivity contribution in [2.75, 3.05) is 5.75 Å². The Hall–Kier alpha value is -1.43. The van der Waals surface area contributed by atoms with Crippen LogP contribution in [0.2, 0.25) is 0 Å². The van der Waals surface area contributed by atoms with Crippen molar-refractivity contribution in [3.8, 4) is 0 Å². The fraction of sp³-hybridized carbons (Fsp3) is 0.455. The highest BCUT2D eigenvalue weighted by Crippen LogP contribution is 2.12. The van der Waals surface area contributed by atoms with E-state index >= 15 is 0 Å². The monoisotopic (exact) mass is 257 g/mol.